The number of likely N-dealkylation sites (tertiary alicyclic amines) is 2. The van der Waals surface area contributed by atoms with E-state index in [0.29, 0.717) is 22.5 Å². The number of hydrogen-bond donors (Lipinski definition) is 1. The minimum Gasteiger partial charge on any atom is -0.338 e. The number of amides is 1. The molecule has 1 spiro atoms. The van der Waals surface area contributed by atoms with Gasteiger partial charge in [-0.2, -0.15) is 5.26 Å². The number of pyridine rings is 1. The number of aromatic nitrogens is 3. The van der Waals surface area contributed by atoms with Gasteiger partial charge in [-0.1, -0.05) is 6.07 Å². The first kappa shape index (κ1) is 21.2. The van der Waals surface area contributed by atoms with Gasteiger partial charge in [0.1, 0.15) is 0 Å². The van der Waals surface area contributed by atoms with E-state index in [2.05, 4.69) is 28.1 Å². The number of rotatable bonds is 3. The summed E-state index contributed by atoms with van der Waals surface area (Å²) in [6.07, 6.45) is 5.37. The van der Waals surface area contributed by atoms with Crippen molar-refractivity contribution in [2.45, 2.75) is 19.8 Å². The van der Waals surface area contributed by atoms with Crippen LogP contribution >= 0.6 is 0 Å². The Labute approximate surface area is 192 Å². The Morgan fingerprint density at radius 2 is 1.97 bits per heavy atom. The fourth-order valence-electron chi connectivity index (χ4n) is 5.20. The van der Waals surface area contributed by atoms with Crippen molar-refractivity contribution in [1.29, 1.82) is 5.26 Å². The van der Waals surface area contributed by atoms with Crippen LogP contribution in [0.1, 0.15) is 34.3 Å². The zero-order valence-electron chi connectivity index (χ0n) is 18.8. The molecule has 1 atom stereocenters. The van der Waals surface area contributed by atoms with Gasteiger partial charge in [0.15, 0.2) is 5.82 Å². The van der Waals surface area contributed by atoms with Gasteiger partial charge in [-0.3, -0.25) is 14.7 Å². The molecule has 1 amide bonds. The Morgan fingerprint density at radius 1 is 1.15 bits per heavy atom. The molecule has 2 saturated heterocycles. The fourth-order valence-corrected chi connectivity index (χ4v) is 5.20. The maximum absolute atomic E-state index is 13.0. The van der Waals surface area contributed by atoms with E-state index in [-0.39, 0.29) is 16.9 Å². The number of nitrogens with one attached hydrogen (secondary N) is 1. The van der Waals surface area contributed by atoms with Gasteiger partial charge in [0, 0.05) is 37.4 Å². The highest BCUT2D eigenvalue weighted by atomic mass is 16.2. The van der Waals surface area contributed by atoms with Crippen LogP contribution in [0.3, 0.4) is 0 Å². The largest absolute Gasteiger partial charge is 0.338 e. The van der Waals surface area contributed by atoms with Crippen LogP contribution in [0.4, 0.5) is 0 Å². The minimum atomic E-state index is -0.235. The van der Waals surface area contributed by atoms with E-state index >= 15 is 0 Å². The standard InChI is InChI=1S/C25H26N6O2/c1-17-11-18(12-26)3-5-20(17)21-14-28-31(24(21)33)22-6-4-19(13-27-22)23(32)30-10-8-25(16-30)7-9-29(2)15-25/h3-6,11,13-14,28H,7-10,15-16H2,1-2H3. The Hall–Kier alpha value is -3.70. The molecule has 2 aliphatic heterocycles. The van der Waals surface area contributed by atoms with Crippen LogP contribution in [0, 0.1) is 23.7 Å². The number of aryl methyl sites for hydroxylation is 1. The Morgan fingerprint density at radius 3 is 2.64 bits per heavy atom. The summed E-state index contributed by atoms with van der Waals surface area (Å²) in [5.41, 5.74) is 3.20. The molecule has 0 radical (unpaired) electrons. The van der Waals surface area contributed by atoms with Gasteiger partial charge in [-0.25, -0.2) is 9.67 Å². The van der Waals surface area contributed by atoms with Gasteiger partial charge in [0.2, 0.25) is 0 Å². The first-order valence-corrected chi connectivity index (χ1v) is 11.1. The number of benzene rings is 1. The first-order valence-electron chi connectivity index (χ1n) is 11.1. The number of nitriles is 1. The van der Waals surface area contributed by atoms with E-state index in [1.54, 1.807) is 42.7 Å². The quantitative estimate of drug-likeness (QED) is 0.672. The second kappa shape index (κ2) is 8.01. The highest BCUT2D eigenvalue weighted by molar-refractivity contribution is 5.94. The van der Waals surface area contributed by atoms with Gasteiger partial charge in [0.25, 0.3) is 11.5 Å². The summed E-state index contributed by atoms with van der Waals surface area (Å²) in [7, 11) is 2.14. The van der Waals surface area contributed by atoms with E-state index in [1.807, 2.05) is 11.8 Å². The maximum Gasteiger partial charge on any atom is 0.280 e. The lowest BCUT2D eigenvalue weighted by atomic mass is 9.86. The van der Waals surface area contributed by atoms with Gasteiger partial charge in [0.05, 0.1) is 22.8 Å². The summed E-state index contributed by atoms with van der Waals surface area (Å²) < 4.78 is 1.36. The van der Waals surface area contributed by atoms with Crippen LogP contribution in [0.2, 0.25) is 0 Å². The van der Waals surface area contributed by atoms with Crippen LogP contribution < -0.4 is 5.56 Å². The van der Waals surface area contributed by atoms with Crippen LogP contribution in [0.5, 0.6) is 0 Å². The molecule has 1 unspecified atom stereocenters. The maximum atomic E-state index is 13.0. The summed E-state index contributed by atoms with van der Waals surface area (Å²) in [6, 6.07) is 10.8. The highest BCUT2D eigenvalue weighted by Gasteiger charge is 2.43. The fraction of sp³-hybridized carbons (Fsp3) is 0.360. The molecule has 5 rings (SSSR count). The Kier molecular flexibility index (Phi) is 5.14. The molecule has 33 heavy (non-hydrogen) atoms. The predicted octanol–water partition coefficient (Wildman–Crippen LogP) is 2.58. The summed E-state index contributed by atoms with van der Waals surface area (Å²) in [6.45, 7) is 5.58. The van der Waals surface area contributed by atoms with Crippen molar-refractivity contribution in [3.8, 4) is 23.0 Å². The highest BCUT2D eigenvalue weighted by Crippen LogP contribution is 2.39. The second-order valence-electron chi connectivity index (χ2n) is 9.34. The minimum absolute atomic E-state index is 0.00629. The van der Waals surface area contributed by atoms with Crippen molar-refractivity contribution in [2.24, 2.45) is 5.41 Å². The topological polar surface area (TPSA) is 98.0 Å². The van der Waals surface area contributed by atoms with Crippen molar-refractivity contribution in [3.05, 3.63) is 69.8 Å². The van der Waals surface area contributed by atoms with Gasteiger partial charge >= 0.3 is 0 Å². The zero-order chi connectivity index (χ0) is 23.2. The molecule has 0 aliphatic carbocycles. The van der Waals surface area contributed by atoms with E-state index in [0.717, 1.165) is 50.1 Å². The number of carbonyl (C=O) groups excluding carboxylic acids is 1. The average Bonchev–Trinajstić information content (AvgIpc) is 3.52. The van der Waals surface area contributed by atoms with Gasteiger partial charge in [-0.05, 0) is 68.8 Å². The molecule has 2 aromatic heterocycles. The monoisotopic (exact) mass is 442 g/mol. The third kappa shape index (κ3) is 3.74. The lowest BCUT2D eigenvalue weighted by molar-refractivity contribution is 0.0773. The van der Waals surface area contributed by atoms with E-state index < -0.39 is 0 Å². The normalized spacial score (nSPS) is 20.5. The molecule has 0 bridgehead atoms. The van der Waals surface area contributed by atoms with Crippen molar-refractivity contribution >= 4 is 5.91 Å². The smallest absolute Gasteiger partial charge is 0.280 e. The lowest BCUT2D eigenvalue weighted by Gasteiger charge is -2.23. The molecular weight excluding hydrogens is 416 g/mol. The zero-order valence-corrected chi connectivity index (χ0v) is 18.8. The van der Waals surface area contributed by atoms with Crippen LogP contribution in [-0.4, -0.2) is 63.7 Å². The van der Waals surface area contributed by atoms with Crippen molar-refractivity contribution in [3.63, 3.8) is 0 Å². The number of nitrogens with zero attached hydrogens (tertiary/aromatic N) is 5. The van der Waals surface area contributed by atoms with E-state index in [1.165, 1.54) is 4.68 Å². The predicted molar refractivity (Wildman–Crippen MR) is 124 cm³/mol. The number of carbonyl (C=O) groups is 1. The number of aromatic amines is 1. The van der Waals surface area contributed by atoms with Gasteiger partial charge in [-0.15, -0.1) is 0 Å². The third-order valence-corrected chi connectivity index (χ3v) is 7.00. The van der Waals surface area contributed by atoms with Gasteiger partial charge < -0.3 is 9.80 Å². The van der Waals surface area contributed by atoms with E-state index in [9.17, 15) is 9.59 Å². The summed E-state index contributed by atoms with van der Waals surface area (Å²) in [5, 5.41) is 12.0. The Balaban J connectivity index is 1.35. The van der Waals surface area contributed by atoms with Crippen LogP contribution in [-0.2, 0) is 0 Å². The molecular formula is C25H26N6O2. The molecule has 2 fully saturated rings. The van der Waals surface area contributed by atoms with Crippen molar-refractivity contribution in [2.75, 3.05) is 33.2 Å². The first-order chi connectivity index (χ1) is 15.9. The average molecular weight is 443 g/mol. The molecule has 8 heteroatoms. The molecule has 168 valence electrons. The molecule has 4 heterocycles. The number of hydrogen-bond acceptors (Lipinski definition) is 5. The SMILES string of the molecule is Cc1cc(C#N)ccc1-c1c[nH]n(-c2ccc(C(=O)N3CCC4(CCN(C)C4)C3)cn2)c1=O. The van der Waals surface area contributed by atoms with Crippen molar-refractivity contribution in [1.82, 2.24) is 24.6 Å². The summed E-state index contributed by atoms with van der Waals surface area (Å²) in [5.74, 6) is 0.414. The Bertz CT molecular complexity index is 1320. The van der Waals surface area contributed by atoms with Crippen LogP contribution in [0.15, 0.2) is 47.5 Å². The lowest BCUT2D eigenvalue weighted by Crippen LogP contribution is -2.33. The molecule has 0 saturated carbocycles. The molecule has 1 aromatic carbocycles. The van der Waals surface area contributed by atoms with Crippen molar-refractivity contribution < 1.29 is 4.79 Å². The summed E-state index contributed by atoms with van der Waals surface area (Å²) in [4.78, 5) is 34.7. The summed E-state index contributed by atoms with van der Waals surface area (Å²) >= 11 is 0. The third-order valence-electron chi connectivity index (χ3n) is 7.00. The second-order valence-corrected chi connectivity index (χ2v) is 9.34. The molecule has 8 nitrogen and oxygen atoms in total. The molecule has 2 aliphatic rings. The number of H-pyrrole nitrogens is 1. The van der Waals surface area contributed by atoms with E-state index in [4.69, 9.17) is 5.26 Å². The molecule has 1 N–H and O–H groups in total. The van der Waals surface area contributed by atoms with Crippen LogP contribution in [0.25, 0.3) is 16.9 Å². The molecule has 3 aromatic rings.